The second kappa shape index (κ2) is 6.57. The van der Waals surface area contributed by atoms with E-state index in [0.717, 1.165) is 11.3 Å². The Bertz CT molecular complexity index is 587. The number of aromatic nitrogens is 2. The molecule has 0 amide bonds. The number of para-hydroxylation sites is 1. The van der Waals surface area contributed by atoms with Gasteiger partial charge in [0.25, 0.3) is 0 Å². The van der Waals surface area contributed by atoms with Crippen LogP contribution in [0.5, 0.6) is 5.88 Å². The molecule has 1 N–H and O–H groups in total. The monoisotopic (exact) mass is 291 g/mol. The largest absolute Gasteiger partial charge is 0.478 e. The SMILES string of the molecule is CCOc1cc(Nc2ccccc2C(C)Cl)nc(C)n1. The summed E-state index contributed by atoms with van der Waals surface area (Å²) in [5, 5.41) is 3.20. The molecule has 0 fully saturated rings. The fraction of sp³-hybridized carbons (Fsp3) is 0.333. The smallest absolute Gasteiger partial charge is 0.218 e. The number of ether oxygens (including phenoxy) is 1. The van der Waals surface area contributed by atoms with Crippen molar-refractivity contribution in [2.45, 2.75) is 26.1 Å². The zero-order chi connectivity index (χ0) is 14.5. The number of rotatable bonds is 5. The molecular formula is C15H18ClN3O. The second-order valence-corrected chi connectivity index (χ2v) is 5.05. The van der Waals surface area contributed by atoms with Gasteiger partial charge in [0.15, 0.2) is 0 Å². The van der Waals surface area contributed by atoms with E-state index < -0.39 is 0 Å². The minimum Gasteiger partial charge on any atom is -0.478 e. The highest BCUT2D eigenvalue weighted by atomic mass is 35.5. The van der Waals surface area contributed by atoms with Crippen molar-refractivity contribution >= 4 is 23.1 Å². The van der Waals surface area contributed by atoms with Crippen molar-refractivity contribution in [3.05, 3.63) is 41.7 Å². The molecule has 0 saturated heterocycles. The quantitative estimate of drug-likeness (QED) is 0.838. The molecule has 0 saturated carbocycles. The third-order valence-electron chi connectivity index (χ3n) is 2.76. The van der Waals surface area contributed by atoms with Gasteiger partial charge in [-0.05, 0) is 32.4 Å². The van der Waals surface area contributed by atoms with Crippen LogP contribution in [0.4, 0.5) is 11.5 Å². The Morgan fingerprint density at radius 1 is 1.30 bits per heavy atom. The molecule has 5 heteroatoms. The number of anilines is 2. The lowest BCUT2D eigenvalue weighted by Gasteiger charge is -2.13. The van der Waals surface area contributed by atoms with E-state index >= 15 is 0 Å². The van der Waals surface area contributed by atoms with Crippen LogP contribution >= 0.6 is 11.6 Å². The predicted molar refractivity (Wildman–Crippen MR) is 81.9 cm³/mol. The summed E-state index contributed by atoms with van der Waals surface area (Å²) in [5.74, 6) is 1.93. The van der Waals surface area contributed by atoms with Gasteiger partial charge in [0.1, 0.15) is 11.6 Å². The molecule has 1 unspecified atom stereocenters. The highest BCUT2D eigenvalue weighted by Crippen LogP contribution is 2.29. The average molecular weight is 292 g/mol. The van der Waals surface area contributed by atoms with Crippen molar-refractivity contribution in [3.8, 4) is 5.88 Å². The summed E-state index contributed by atoms with van der Waals surface area (Å²) in [5.41, 5.74) is 1.97. The van der Waals surface area contributed by atoms with Gasteiger partial charge in [-0.15, -0.1) is 11.6 Å². The van der Waals surface area contributed by atoms with E-state index in [2.05, 4.69) is 15.3 Å². The van der Waals surface area contributed by atoms with E-state index in [1.807, 2.05) is 45.0 Å². The van der Waals surface area contributed by atoms with Gasteiger partial charge in [-0.3, -0.25) is 0 Å². The number of nitrogens with one attached hydrogen (secondary N) is 1. The molecule has 0 aliphatic rings. The summed E-state index contributed by atoms with van der Waals surface area (Å²) in [4.78, 5) is 8.59. The second-order valence-electron chi connectivity index (χ2n) is 4.40. The topological polar surface area (TPSA) is 47.0 Å². The number of nitrogens with zero attached hydrogens (tertiary/aromatic N) is 2. The van der Waals surface area contributed by atoms with Crippen molar-refractivity contribution < 1.29 is 4.74 Å². The highest BCUT2D eigenvalue weighted by molar-refractivity contribution is 6.21. The normalized spacial score (nSPS) is 12.0. The molecule has 1 heterocycles. The van der Waals surface area contributed by atoms with Crippen LogP contribution in [0.2, 0.25) is 0 Å². The molecule has 1 aromatic carbocycles. The minimum absolute atomic E-state index is 0.0759. The van der Waals surface area contributed by atoms with Crippen LogP contribution in [0.15, 0.2) is 30.3 Å². The maximum Gasteiger partial charge on any atom is 0.218 e. The first-order valence-electron chi connectivity index (χ1n) is 6.58. The Hall–Kier alpha value is -1.81. The van der Waals surface area contributed by atoms with Gasteiger partial charge in [-0.1, -0.05) is 18.2 Å². The Kier molecular flexibility index (Phi) is 4.79. The van der Waals surface area contributed by atoms with Gasteiger partial charge >= 0.3 is 0 Å². The number of hydrogen-bond acceptors (Lipinski definition) is 4. The van der Waals surface area contributed by atoms with Gasteiger partial charge < -0.3 is 10.1 Å². The van der Waals surface area contributed by atoms with Crippen molar-refractivity contribution in [1.82, 2.24) is 9.97 Å². The zero-order valence-electron chi connectivity index (χ0n) is 11.9. The van der Waals surface area contributed by atoms with Gasteiger partial charge in [-0.25, -0.2) is 4.98 Å². The molecule has 0 spiro atoms. The van der Waals surface area contributed by atoms with Gasteiger partial charge in [0.05, 0.1) is 12.0 Å². The number of alkyl halides is 1. The van der Waals surface area contributed by atoms with Gasteiger partial charge in [-0.2, -0.15) is 4.98 Å². The molecule has 0 radical (unpaired) electrons. The summed E-state index contributed by atoms with van der Waals surface area (Å²) in [6, 6.07) is 9.69. The van der Waals surface area contributed by atoms with Gasteiger partial charge in [0.2, 0.25) is 5.88 Å². The summed E-state index contributed by atoms with van der Waals surface area (Å²) in [6.07, 6.45) is 0. The van der Waals surface area contributed by atoms with E-state index in [9.17, 15) is 0 Å². The first-order chi connectivity index (χ1) is 9.60. The number of halogens is 1. The third-order valence-corrected chi connectivity index (χ3v) is 2.99. The minimum atomic E-state index is -0.0759. The standard InChI is InChI=1S/C15H18ClN3O/c1-4-20-15-9-14(17-11(3)18-15)19-13-8-6-5-7-12(13)10(2)16/h5-10H,4H2,1-3H3,(H,17,18,19). The van der Waals surface area contributed by atoms with E-state index in [1.54, 1.807) is 6.07 Å². The molecule has 1 atom stereocenters. The van der Waals surface area contributed by atoms with Crippen LogP contribution in [0.25, 0.3) is 0 Å². The number of hydrogen-bond donors (Lipinski definition) is 1. The molecule has 1 aromatic heterocycles. The average Bonchev–Trinajstić information content (AvgIpc) is 2.38. The fourth-order valence-corrected chi connectivity index (χ4v) is 2.11. The van der Waals surface area contributed by atoms with Crippen molar-refractivity contribution in [2.75, 3.05) is 11.9 Å². The number of aryl methyl sites for hydroxylation is 1. The molecule has 0 aliphatic heterocycles. The molecule has 2 aromatic rings. The summed E-state index contributed by atoms with van der Waals surface area (Å²) in [7, 11) is 0. The number of benzene rings is 1. The van der Waals surface area contributed by atoms with Crippen LogP contribution < -0.4 is 10.1 Å². The maximum atomic E-state index is 6.19. The first-order valence-corrected chi connectivity index (χ1v) is 7.02. The van der Waals surface area contributed by atoms with E-state index in [4.69, 9.17) is 16.3 Å². The van der Waals surface area contributed by atoms with Crippen LogP contribution in [-0.2, 0) is 0 Å². The Morgan fingerprint density at radius 2 is 2.05 bits per heavy atom. The molecule has 106 valence electrons. The predicted octanol–water partition coefficient (Wildman–Crippen LogP) is 4.23. The first kappa shape index (κ1) is 14.6. The van der Waals surface area contributed by atoms with Crippen LogP contribution in [0.3, 0.4) is 0 Å². The Balaban J connectivity index is 2.30. The Morgan fingerprint density at radius 3 is 2.75 bits per heavy atom. The lowest BCUT2D eigenvalue weighted by molar-refractivity contribution is 0.325. The van der Waals surface area contributed by atoms with Crippen LogP contribution in [-0.4, -0.2) is 16.6 Å². The molecule has 4 nitrogen and oxygen atoms in total. The molecule has 0 aliphatic carbocycles. The molecule has 0 bridgehead atoms. The molecule has 2 rings (SSSR count). The Labute approximate surface area is 124 Å². The van der Waals surface area contributed by atoms with Gasteiger partial charge in [0, 0.05) is 11.8 Å². The van der Waals surface area contributed by atoms with Crippen LogP contribution in [0, 0.1) is 6.92 Å². The van der Waals surface area contributed by atoms with Crippen molar-refractivity contribution in [2.24, 2.45) is 0 Å². The summed E-state index contributed by atoms with van der Waals surface area (Å²) >= 11 is 6.19. The molecule has 20 heavy (non-hydrogen) atoms. The maximum absolute atomic E-state index is 6.19. The van der Waals surface area contributed by atoms with Crippen LogP contribution in [0.1, 0.15) is 30.6 Å². The van der Waals surface area contributed by atoms with Crippen molar-refractivity contribution in [3.63, 3.8) is 0 Å². The summed E-state index contributed by atoms with van der Waals surface area (Å²) in [6.45, 7) is 6.28. The molecular weight excluding hydrogens is 274 g/mol. The highest BCUT2D eigenvalue weighted by Gasteiger charge is 2.09. The fourth-order valence-electron chi connectivity index (χ4n) is 1.92. The van der Waals surface area contributed by atoms with E-state index in [-0.39, 0.29) is 5.38 Å². The van der Waals surface area contributed by atoms with E-state index in [1.165, 1.54) is 0 Å². The zero-order valence-corrected chi connectivity index (χ0v) is 12.6. The summed E-state index contributed by atoms with van der Waals surface area (Å²) < 4.78 is 5.43. The third kappa shape index (κ3) is 3.61. The van der Waals surface area contributed by atoms with E-state index in [0.29, 0.717) is 24.1 Å². The lowest BCUT2D eigenvalue weighted by Crippen LogP contribution is -2.03. The lowest BCUT2D eigenvalue weighted by atomic mass is 10.1. The van der Waals surface area contributed by atoms with Crippen molar-refractivity contribution in [1.29, 1.82) is 0 Å².